The maximum atomic E-state index is 6.15. The molecule has 0 fully saturated rings. The number of fused-ring (bicyclic) bond motifs is 10. The topological polar surface area (TPSA) is 16.4 Å². The molecule has 0 unspecified atom stereocenters. The van der Waals surface area contributed by atoms with Crippen molar-refractivity contribution >= 4 is 70.5 Å². The summed E-state index contributed by atoms with van der Waals surface area (Å²) in [5, 5.41) is 5.00. The van der Waals surface area contributed by atoms with Crippen LogP contribution in [0.1, 0.15) is 76.6 Å². The zero-order valence-electron chi connectivity index (χ0n) is 33.0. The molecule has 0 saturated heterocycles. The van der Waals surface area contributed by atoms with E-state index in [0.717, 1.165) is 33.3 Å². The number of hydrogen-bond acceptors (Lipinski definition) is 3. The second-order valence-electron chi connectivity index (χ2n) is 18.0. The quantitative estimate of drug-likeness (QED) is 0.178. The molecule has 0 amide bonds. The molecule has 3 heteroatoms. The SMILES string of the molecule is CC1(C)CCC(C)(C)c2cc3c(cc21)sc1ccc(N(c2ccc(-c4ccc5oc6ccccc6c5c4)cc2)c2ccc4c(c2)-c2ccccc2C4(C)C)cc13. The van der Waals surface area contributed by atoms with E-state index in [1.54, 1.807) is 0 Å². The Labute approximate surface area is 333 Å². The van der Waals surface area contributed by atoms with Crippen LogP contribution in [0.15, 0.2) is 144 Å². The average molecular weight is 744 g/mol. The Kier molecular flexibility index (Phi) is 7.03. The van der Waals surface area contributed by atoms with Gasteiger partial charge >= 0.3 is 0 Å². The molecule has 7 aromatic carbocycles. The van der Waals surface area contributed by atoms with E-state index in [0.29, 0.717) is 0 Å². The van der Waals surface area contributed by atoms with Gasteiger partial charge < -0.3 is 9.32 Å². The lowest BCUT2D eigenvalue weighted by Crippen LogP contribution is -2.33. The molecule has 0 aliphatic heterocycles. The molecule has 0 atom stereocenters. The zero-order valence-corrected chi connectivity index (χ0v) is 33.8. The van der Waals surface area contributed by atoms with Crippen molar-refractivity contribution in [3.63, 3.8) is 0 Å². The van der Waals surface area contributed by atoms with Crippen molar-refractivity contribution in [1.82, 2.24) is 0 Å². The first-order valence-electron chi connectivity index (χ1n) is 20.0. The molecule has 2 nitrogen and oxygen atoms in total. The third kappa shape index (κ3) is 4.93. The molecule has 2 aliphatic carbocycles. The number of nitrogens with zero attached hydrogens (tertiary/aromatic N) is 1. The molecule has 0 N–H and O–H groups in total. The summed E-state index contributed by atoms with van der Waals surface area (Å²) >= 11 is 1.93. The van der Waals surface area contributed by atoms with Crippen LogP contribution in [0.4, 0.5) is 17.1 Å². The van der Waals surface area contributed by atoms with Gasteiger partial charge in [-0.05, 0) is 141 Å². The molecule has 9 aromatic rings. The summed E-state index contributed by atoms with van der Waals surface area (Å²) in [4.78, 5) is 2.46. The van der Waals surface area contributed by atoms with Crippen molar-refractivity contribution in [3.05, 3.63) is 162 Å². The largest absolute Gasteiger partial charge is 0.456 e. The van der Waals surface area contributed by atoms with E-state index < -0.39 is 0 Å². The highest BCUT2D eigenvalue weighted by Gasteiger charge is 2.38. The van der Waals surface area contributed by atoms with Crippen molar-refractivity contribution in [2.75, 3.05) is 4.90 Å². The molecule has 2 heterocycles. The van der Waals surface area contributed by atoms with Crippen LogP contribution in [0.3, 0.4) is 0 Å². The van der Waals surface area contributed by atoms with Crippen molar-refractivity contribution in [1.29, 1.82) is 0 Å². The van der Waals surface area contributed by atoms with Gasteiger partial charge in [0.2, 0.25) is 0 Å². The van der Waals surface area contributed by atoms with Gasteiger partial charge in [0.15, 0.2) is 0 Å². The molecular formula is C53H45NOS. The first kappa shape index (κ1) is 33.7. The van der Waals surface area contributed by atoms with E-state index in [1.165, 1.54) is 83.2 Å². The van der Waals surface area contributed by atoms with Crippen molar-refractivity contribution in [2.45, 2.75) is 70.6 Å². The lowest BCUT2D eigenvalue weighted by atomic mass is 9.63. The van der Waals surface area contributed by atoms with Gasteiger partial charge in [-0.2, -0.15) is 0 Å². The summed E-state index contributed by atoms with van der Waals surface area (Å²) in [6, 6.07) is 52.2. The van der Waals surface area contributed by atoms with Crippen LogP contribution < -0.4 is 4.90 Å². The van der Waals surface area contributed by atoms with Gasteiger partial charge in [-0.1, -0.05) is 108 Å². The fraction of sp³-hybridized carbons (Fsp3) is 0.208. The fourth-order valence-corrected chi connectivity index (χ4v) is 11.1. The minimum atomic E-state index is -0.0473. The van der Waals surface area contributed by atoms with Gasteiger partial charge in [-0.25, -0.2) is 0 Å². The average Bonchev–Trinajstić information content (AvgIpc) is 3.83. The summed E-state index contributed by atoms with van der Waals surface area (Å²) in [6.45, 7) is 14.4. The second-order valence-corrected chi connectivity index (χ2v) is 19.1. The normalized spacial score (nSPS) is 16.3. The molecule has 274 valence electrons. The van der Waals surface area contributed by atoms with E-state index in [2.05, 4.69) is 174 Å². The van der Waals surface area contributed by atoms with Crippen LogP contribution >= 0.6 is 11.3 Å². The van der Waals surface area contributed by atoms with E-state index in [4.69, 9.17) is 4.42 Å². The van der Waals surface area contributed by atoms with Crippen LogP contribution in [0.5, 0.6) is 0 Å². The minimum absolute atomic E-state index is 0.0473. The van der Waals surface area contributed by atoms with Gasteiger partial charge in [0.1, 0.15) is 11.2 Å². The highest BCUT2D eigenvalue weighted by atomic mass is 32.1. The Hall–Kier alpha value is -5.64. The summed E-state index contributed by atoms with van der Waals surface area (Å²) in [6.07, 6.45) is 2.43. The monoisotopic (exact) mass is 743 g/mol. The number of furan rings is 1. The summed E-state index contributed by atoms with van der Waals surface area (Å²) < 4.78 is 8.87. The molecule has 2 aromatic heterocycles. The van der Waals surface area contributed by atoms with Gasteiger partial charge in [-0.15, -0.1) is 11.3 Å². The molecule has 0 saturated carbocycles. The van der Waals surface area contributed by atoms with Crippen LogP contribution in [0.25, 0.3) is 64.4 Å². The Morgan fingerprint density at radius 2 is 1.07 bits per heavy atom. The molecule has 0 bridgehead atoms. The van der Waals surface area contributed by atoms with E-state index in [9.17, 15) is 0 Å². The number of para-hydroxylation sites is 1. The molecule has 11 rings (SSSR count). The third-order valence-electron chi connectivity index (χ3n) is 13.3. The Balaban J connectivity index is 1.08. The second kappa shape index (κ2) is 11.7. The Morgan fingerprint density at radius 1 is 0.446 bits per heavy atom. The first-order valence-corrected chi connectivity index (χ1v) is 20.9. The predicted octanol–water partition coefficient (Wildman–Crippen LogP) is 15.7. The van der Waals surface area contributed by atoms with E-state index in [-0.39, 0.29) is 16.2 Å². The van der Waals surface area contributed by atoms with E-state index >= 15 is 0 Å². The molecular weight excluding hydrogens is 699 g/mol. The maximum Gasteiger partial charge on any atom is 0.135 e. The summed E-state index contributed by atoms with van der Waals surface area (Å²) in [7, 11) is 0. The first-order chi connectivity index (χ1) is 27.0. The summed E-state index contributed by atoms with van der Waals surface area (Å²) in [5.74, 6) is 0. The number of thiophene rings is 1. The van der Waals surface area contributed by atoms with Gasteiger partial charge in [0.05, 0.1) is 0 Å². The predicted molar refractivity (Wildman–Crippen MR) is 240 cm³/mol. The number of benzene rings is 7. The Bertz CT molecular complexity index is 3060. The maximum absolute atomic E-state index is 6.15. The van der Waals surface area contributed by atoms with Crippen molar-refractivity contribution < 1.29 is 4.42 Å². The smallest absolute Gasteiger partial charge is 0.135 e. The third-order valence-corrected chi connectivity index (χ3v) is 14.5. The zero-order chi connectivity index (χ0) is 38.1. The molecule has 2 aliphatic rings. The minimum Gasteiger partial charge on any atom is -0.456 e. The van der Waals surface area contributed by atoms with Crippen molar-refractivity contribution in [2.24, 2.45) is 0 Å². The summed E-state index contributed by atoms with van der Waals surface area (Å²) in [5.41, 5.74) is 16.4. The van der Waals surface area contributed by atoms with Crippen LogP contribution in [-0.2, 0) is 16.2 Å². The Morgan fingerprint density at radius 3 is 1.89 bits per heavy atom. The highest BCUT2D eigenvalue weighted by molar-refractivity contribution is 7.25. The van der Waals surface area contributed by atoms with Gasteiger partial charge in [0, 0.05) is 53.4 Å². The van der Waals surface area contributed by atoms with E-state index in [1.807, 2.05) is 23.5 Å². The number of hydrogen-bond donors (Lipinski definition) is 0. The number of rotatable bonds is 4. The molecule has 56 heavy (non-hydrogen) atoms. The lowest BCUT2D eigenvalue weighted by molar-refractivity contribution is 0.332. The number of anilines is 3. The van der Waals surface area contributed by atoms with Crippen LogP contribution in [0, 0.1) is 0 Å². The molecule has 0 spiro atoms. The lowest BCUT2D eigenvalue weighted by Gasteiger charge is -2.41. The van der Waals surface area contributed by atoms with Gasteiger partial charge in [-0.3, -0.25) is 0 Å². The van der Waals surface area contributed by atoms with Crippen LogP contribution in [0.2, 0.25) is 0 Å². The van der Waals surface area contributed by atoms with Crippen LogP contribution in [-0.4, -0.2) is 0 Å². The fourth-order valence-electron chi connectivity index (χ4n) is 9.97. The van der Waals surface area contributed by atoms with Crippen molar-refractivity contribution in [3.8, 4) is 22.3 Å². The van der Waals surface area contributed by atoms with Gasteiger partial charge in [0.25, 0.3) is 0 Å². The highest BCUT2D eigenvalue weighted by Crippen LogP contribution is 2.52. The molecule has 0 radical (unpaired) electrons. The standard InChI is InChI=1S/C53H45NOS/c1-51(2)25-26-52(3,4)46-31-50-42(30-45(46)51)41-29-36(21-24-49(41)56-50)54(35-20-22-44-39(28-35)37-11-7-9-13-43(37)53(44,5)6)34-18-15-32(16-19-34)33-17-23-48-40(27-33)38-12-8-10-14-47(38)55-48/h7-24,27-31H,25-26H2,1-6H3.